The SMILES string of the molecule is Nc1nc(CCCNC(=O)C2CCCN(Cc3ccco3)C2)cs1. The maximum absolute atomic E-state index is 12.4. The highest BCUT2D eigenvalue weighted by molar-refractivity contribution is 7.13. The minimum absolute atomic E-state index is 0.0728. The van der Waals surface area contributed by atoms with Crippen LogP contribution in [0.3, 0.4) is 0 Å². The number of piperidine rings is 1. The molecule has 3 rings (SSSR count). The van der Waals surface area contributed by atoms with E-state index < -0.39 is 0 Å². The first-order chi connectivity index (χ1) is 11.7. The molecule has 0 aliphatic carbocycles. The molecular formula is C17H24N4O2S. The van der Waals surface area contributed by atoms with E-state index in [-0.39, 0.29) is 11.8 Å². The molecule has 1 fully saturated rings. The van der Waals surface area contributed by atoms with Gasteiger partial charge in [-0.1, -0.05) is 0 Å². The molecule has 0 radical (unpaired) electrons. The molecule has 1 amide bonds. The number of amides is 1. The third-order valence-corrected chi connectivity index (χ3v) is 5.04. The molecule has 0 spiro atoms. The van der Waals surface area contributed by atoms with E-state index in [9.17, 15) is 4.79 Å². The van der Waals surface area contributed by atoms with Crippen LogP contribution in [-0.4, -0.2) is 35.4 Å². The van der Waals surface area contributed by atoms with Gasteiger partial charge >= 0.3 is 0 Å². The average Bonchev–Trinajstić information content (AvgIpc) is 3.23. The van der Waals surface area contributed by atoms with Gasteiger partial charge in [0.1, 0.15) is 5.76 Å². The third-order valence-electron chi connectivity index (χ3n) is 4.31. The number of thiazole rings is 1. The number of anilines is 1. The summed E-state index contributed by atoms with van der Waals surface area (Å²) in [5, 5.41) is 5.65. The van der Waals surface area contributed by atoms with E-state index in [1.165, 1.54) is 11.3 Å². The Hall–Kier alpha value is -1.86. The summed E-state index contributed by atoms with van der Waals surface area (Å²) in [4.78, 5) is 18.9. The van der Waals surface area contributed by atoms with Gasteiger partial charge in [-0.05, 0) is 44.4 Å². The molecule has 0 bridgehead atoms. The van der Waals surface area contributed by atoms with Crippen molar-refractivity contribution < 1.29 is 9.21 Å². The largest absolute Gasteiger partial charge is 0.468 e. The molecule has 1 unspecified atom stereocenters. The third kappa shape index (κ3) is 4.82. The maximum atomic E-state index is 12.4. The number of rotatable bonds is 7. The second-order valence-electron chi connectivity index (χ2n) is 6.23. The van der Waals surface area contributed by atoms with Crippen LogP contribution >= 0.6 is 11.3 Å². The number of carbonyl (C=O) groups is 1. The first-order valence-electron chi connectivity index (χ1n) is 8.43. The summed E-state index contributed by atoms with van der Waals surface area (Å²) in [7, 11) is 0. The standard InChI is InChI=1S/C17H24N4O2S/c18-17-20-14(12-24-17)5-1-7-19-16(22)13-4-2-8-21(10-13)11-15-6-3-9-23-15/h3,6,9,12-13H,1-2,4-5,7-8,10-11H2,(H2,18,20)(H,19,22). The predicted molar refractivity (Wildman–Crippen MR) is 94.6 cm³/mol. The van der Waals surface area contributed by atoms with Crippen LogP contribution < -0.4 is 11.1 Å². The van der Waals surface area contributed by atoms with Gasteiger partial charge in [0.25, 0.3) is 0 Å². The average molecular weight is 348 g/mol. The monoisotopic (exact) mass is 348 g/mol. The van der Waals surface area contributed by atoms with Gasteiger partial charge in [0.15, 0.2) is 5.13 Å². The molecule has 6 nitrogen and oxygen atoms in total. The summed E-state index contributed by atoms with van der Waals surface area (Å²) in [6.07, 6.45) is 5.44. The maximum Gasteiger partial charge on any atom is 0.224 e. The van der Waals surface area contributed by atoms with E-state index in [4.69, 9.17) is 10.2 Å². The highest BCUT2D eigenvalue weighted by Crippen LogP contribution is 2.19. The molecule has 3 heterocycles. The van der Waals surface area contributed by atoms with E-state index in [0.29, 0.717) is 11.7 Å². The molecule has 1 aliphatic heterocycles. The molecule has 0 aromatic carbocycles. The fraction of sp³-hybridized carbons (Fsp3) is 0.529. The van der Waals surface area contributed by atoms with Gasteiger partial charge in [0.2, 0.25) is 5.91 Å². The minimum atomic E-state index is 0.0728. The van der Waals surface area contributed by atoms with Gasteiger partial charge in [-0.15, -0.1) is 11.3 Å². The molecule has 2 aromatic rings. The van der Waals surface area contributed by atoms with Crippen LogP contribution in [0, 0.1) is 5.92 Å². The number of nitrogens with two attached hydrogens (primary N) is 1. The number of hydrogen-bond acceptors (Lipinski definition) is 6. The van der Waals surface area contributed by atoms with Crippen molar-refractivity contribution in [3.63, 3.8) is 0 Å². The van der Waals surface area contributed by atoms with E-state index in [1.54, 1.807) is 6.26 Å². The normalized spacial score (nSPS) is 18.6. The molecule has 130 valence electrons. The fourth-order valence-corrected chi connectivity index (χ4v) is 3.70. The molecule has 0 saturated carbocycles. The second-order valence-corrected chi connectivity index (χ2v) is 7.11. The molecule has 1 atom stereocenters. The Morgan fingerprint density at radius 1 is 1.54 bits per heavy atom. The van der Waals surface area contributed by atoms with Crippen molar-refractivity contribution in [2.24, 2.45) is 5.92 Å². The number of aryl methyl sites for hydroxylation is 1. The van der Waals surface area contributed by atoms with Crippen molar-refractivity contribution in [1.82, 2.24) is 15.2 Å². The van der Waals surface area contributed by atoms with Crippen molar-refractivity contribution in [3.8, 4) is 0 Å². The molecule has 1 saturated heterocycles. The van der Waals surface area contributed by atoms with Gasteiger partial charge in [-0.25, -0.2) is 4.98 Å². The quantitative estimate of drug-likeness (QED) is 0.750. The number of nitrogens with one attached hydrogen (secondary N) is 1. The summed E-state index contributed by atoms with van der Waals surface area (Å²) in [5.41, 5.74) is 6.62. The van der Waals surface area contributed by atoms with Crippen LogP contribution in [0.5, 0.6) is 0 Å². The lowest BCUT2D eigenvalue weighted by atomic mass is 9.97. The molecule has 2 aromatic heterocycles. The Bertz CT molecular complexity index is 641. The second kappa shape index (κ2) is 8.30. The Kier molecular flexibility index (Phi) is 5.87. The highest BCUT2D eigenvalue weighted by atomic mass is 32.1. The number of nitrogens with zero attached hydrogens (tertiary/aromatic N) is 2. The van der Waals surface area contributed by atoms with Gasteiger partial charge < -0.3 is 15.5 Å². The first-order valence-corrected chi connectivity index (χ1v) is 9.31. The number of hydrogen-bond donors (Lipinski definition) is 2. The van der Waals surface area contributed by atoms with Crippen LogP contribution in [0.4, 0.5) is 5.13 Å². The smallest absolute Gasteiger partial charge is 0.224 e. The predicted octanol–water partition coefficient (Wildman–Crippen LogP) is 2.28. The number of likely N-dealkylation sites (tertiary alicyclic amines) is 1. The summed E-state index contributed by atoms with van der Waals surface area (Å²) in [6, 6.07) is 3.88. The zero-order valence-corrected chi connectivity index (χ0v) is 14.6. The van der Waals surface area contributed by atoms with Crippen LogP contribution in [-0.2, 0) is 17.8 Å². The molecule has 24 heavy (non-hydrogen) atoms. The van der Waals surface area contributed by atoms with Crippen LogP contribution in [0.2, 0.25) is 0 Å². The summed E-state index contributed by atoms with van der Waals surface area (Å²) in [6.45, 7) is 3.29. The number of furan rings is 1. The highest BCUT2D eigenvalue weighted by Gasteiger charge is 2.25. The minimum Gasteiger partial charge on any atom is -0.468 e. The Labute approximate surface area is 146 Å². The molecular weight excluding hydrogens is 324 g/mol. The van der Waals surface area contributed by atoms with Crippen LogP contribution in [0.1, 0.15) is 30.7 Å². The molecule has 1 aliphatic rings. The van der Waals surface area contributed by atoms with Crippen molar-refractivity contribution in [2.75, 3.05) is 25.4 Å². The van der Waals surface area contributed by atoms with Gasteiger partial charge in [-0.2, -0.15) is 0 Å². The lowest BCUT2D eigenvalue weighted by molar-refractivity contribution is -0.126. The van der Waals surface area contributed by atoms with Crippen LogP contribution in [0.15, 0.2) is 28.2 Å². The Balaban J connectivity index is 1.38. The molecule has 7 heteroatoms. The van der Waals surface area contributed by atoms with Crippen molar-refractivity contribution in [3.05, 3.63) is 35.2 Å². The van der Waals surface area contributed by atoms with Crippen LogP contribution in [0.25, 0.3) is 0 Å². The summed E-state index contributed by atoms with van der Waals surface area (Å²) >= 11 is 1.46. The first kappa shape index (κ1) is 17.0. The zero-order valence-electron chi connectivity index (χ0n) is 13.7. The topological polar surface area (TPSA) is 84.4 Å². The Morgan fingerprint density at radius 2 is 2.46 bits per heavy atom. The van der Waals surface area contributed by atoms with Gasteiger partial charge in [0, 0.05) is 18.5 Å². The van der Waals surface area contributed by atoms with E-state index in [0.717, 1.165) is 56.8 Å². The van der Waals surface area contributed by atoms with Gasteiger partial charge in [0.05, 0.1) is 24.4 Å². The number of nitrogen functional groups attached to an aromatic ring is 1. The zero-order chi connectivity index (χ0) is 16.8. The van der Waals surface area contributed by atoms with E-state index in [2.05, 4.69) is 15.2 Å². The molecule has 3 N–H and O–H groups in total. The van der Waals surface area contributed by atoms with Crippen molar-refractivity contribution in [2.45, 2.75) is 32.2 Å². The lowest BCUT2D eigenvalue weighted by Gasteiger charge is -2.31. The van der Waals surface area contributed by atoms with E-state index >= 15 is 0 Å². The fourth-order valence-electron chi connectivity index (χ4n) is 3.10. The summed E-state index contributed by atoms with van der Waals surface area (Å²) < 4.78 is 5.40. The number of aromatic nitrogens is 1. The lowest BCUT2D eigenvalue weighted by Crippen LogP contribution is -2.42. The number of carbonyl (C=O) groups excluding carboxylic acids is 1. The Morgan fingerprint density at radius 3 is 3.21 bits per heavy atom. The van der Waals surface area contributed by atoms with Gasteiger partial charge in [-0.3, -0.25) is 9.69 Å². The summed E-state index contributed by atoms with van der Waals surface area (Å²) in [5.74, 6) is 1.19. The van der Waals surface area contributed by atoms with Crippen molar-refractivity contribution >= 4 is 22.4 Å². The van der Waals surface area contributed by atoms with E-state index in [1.807, 2.05) is 17.5 Å². The van der Waals surface area contributed by atoms with Crippen molar-refractivity contribution in [1.29, 1.82) is 0 Å².